The van der Waals surface area contributed by atoms with Crippen LogP contribution in [0.1, 0.15) is 13.3 Å². The molecule has 2 unspecified atom stereocenters. The van der Waals surface area contributed by atoms with Gasteiger partial charge in [-0.2, -0.15) is 0 Å². The van der Waals surface area contributed by atoms with Crippen molar-refractivity contribution in [1.82, 2.24) is 0 Å². The first-order valence-electron chi connectivity index (χ1n) is 5.86. The van der Waals surface area contributed by atoms with Crippen LogP contribution in [-0.2, 0) is 4.74 Å². The van der Waals surface area contributed by atoms with Crippen LogP contribution in [0.4, 0.5) is 11.4 Å². The first kappa shape index (κ1) is 13.1. The predicted octanol–water partition coefficient (Wildman–Crippen LogP) is 3.09. The highest BCUT2D eigenvalue weighted by Crippen LogP contribution is 2.34. The summed E-state index contributed by atoms with van der Waals surface area (Å²) in [6, 6.07) is 4.84. The summed E-state index contributed by atoms with van der Waals surface area (Å²) in [5.74, 6) is 0.301. The Balaban J connectivity index is 2.24. The fourth-order valence-electron chi connectivity index (χ4n) is 2.09. The molecule has 18 heavy (non-hydrogen) atoms. The van der Waals surface area contributed by atoms with Gasteiger partial charge in [0.15, 0.2) is 0 Å². The van der Waals surface area contributed by atoms with Gasteiger partial charge in [0.2, 0.25) is 0 Å². The highest BCUT2D eigenvalue weighted by Gasteiger charge is 2.25. The van der Waals surface area contributed by atoms with Gasteiger partial charge in [-0.15, -0.1) is 0 Å². The second-order valence-electron chi connectivity index (χ2n) is 4.48. The van der Waals surface area contributed by atoms with Gasteiger partial charge in [0.05, 0.1) is 16.6 Å². The lowest BCUT2D eigenvalue weighted by Crippen LogP contribution is -2.36. The Morgan fingerprint density at radius 3 is 3.00 bits per heavy atom. The number of benzene rings is 1. The minimum absolute atomic E-state index is 0.0150. The van der Waals surface area contributed by atoms with Crippen LogP contribution in [0.2, 0.25) is 5.02 Å². The molecule has 0 aliphatic carbocycles. The van der Waals surface area contributed by atoms with E-state index in [0.29, 0.717) is 29.8 Å². The number of nitro groups is 1. The maximum Gasteiger partial charge on any atom is 0.293 e. The number of nitrogens with zero attached hydrogens (tertiary/aromatic N) is 1. The highest BCUT2D eigenvalue weighted by atomic mass is 35.5. The Labute approximate surface area is 110 Å². The first-order valence-corrected chi connectivity index (χ1v) is 6.24. The molecule has 1 heterocycles. The van der Waals surface area contributed by atoms with E-state index in [1.165, 1.54) is 6.07 Å². The van der Waals surface area contributed by atoms with Gasteiger partial charge in [-0.05, 0) is 18.4 Å². The number of nitro benzene ring substituents is 1. The predicted molar refractivity (Wildman–Crippen MR) is 70.1 cm³/mol. The number of halogens is 1. The average Bonchev–Trinajstić information content (AvgIpc) is 2.34. The zero-order valence-corrected chi connectivity index (χ0v) is 10.8. The Kier molecular flexibility index (Phi) is 4.04. The van der Waals surface area contributed by atoms with Crippen molar-refractivity contribution in [3.05, 3.63) is 33.3 Å². The van der Waals surface area contributed by atoms with Crippen molar-refractivity contribution in [2.75, 3.05) is 18.5 Å². The molecule has 1 saturated heterocycles. The van der Waals surface area contributed by atoms with Crippen LogP contribution < -0.4 is 5.32 Å². The summed E-state index contributed by atoms with van der Waals surface area (Å²) >= 11 is 6.04. The molecule has 1 aliphatic heterocycles. The van der Waals surface area contributed by atoms with Crippen LogP contribution in [0.15, 0.2) is 18.2 Å². The van der Waals surface area contributed by atoms with E-state index in [0.717, 1.165) is 6.42 Å². The monoisotopic (exact) mass is 270 g/mol. The minimum Gasteiger partial charge on any atom is -0.381 e. The fourth-order valence-corrected chi connectivity index (χ4v) is 2.31. The number of nitrogens with one attached hydrogen (secondary N) is 1. The third kappa shape index (κ3) is 2.73. The molecule has 0 saturated carbocycles. The maximum atomic E-state index is 11.0. The number of para-hydroxylation sites is 1. The minimum atomic E-state index is -0.418. The van der Waals surface area contributed by atoms with Crippen LogP contribution in [-0.4, -0.2) is 24.2 Å². The Morgan fingerprint density at radius 1 is 1.56 bits per heavy atom. The number of ether oxygens (including phenoxy) is 1. The summed E-state index contributed by atoms with van der Waals surface area (Å²) in [7, 11) is 0. The second kappa shape index (κ2) is 5.54. The Hall–Kier alpha value is -1.33. The molecule has 0 spiro atoms. The molecule has 0 amide bonds. The van der Waals surface area contributed by atoms with Crippen molar-refractivity contribution < 1.29 is 9.66 Å². The molecule has 0 bridgehead atoms. The van der Waals surface area contributed by atoms with E-state index < -0.39 is 4.92 Å². The SMILES string of the molecule is CC1COCCC1Nc1c(Cl)cccc1[N+](=O)[O-]. The van der Waals surface area contributed by atoms with Gasteiger partial charge in [0.1, 0.15) is 5.69 Å². The number of anilines is 1. The molecule has 0 radical (unpaired) electrons. The summed E-state index contributed by atoms with van der Waals surface area (Å²) in [6.45, 7) is 3.38. The van der Waals surface area contributed by atoms with Crippen molar-refractivity contribution in [2.45, 2.75) is 19.4 Å². The molecule has 1 fully saturated rings. The van der Waals surface area contributed by atoms with Gasteiger partial charge in [-0.1, -0.05) is 24.6 Å². The zero-order chi connectivity index (χ0) is 13.1. The lowest BCUT2D eigenvalue weighted by molar-refractivity contribution is -0.384. The van der Waals surface area contributed by atoms with Crippen LogP contribution in [0, 0.1) is 16.0 Å². The molecule has 0 aromatic heterocycles. The van der Waals surface area contributed by atoms with E-state index in [-0.39, 0.29) is 11.7 Å². The van der Waals surface area contributed by atoms with Gasteiger partial charge in [0, 0.05) is 18.7 Å². The smallest absolute Gasteiger partial charge is 0.293 e. The third-order valence-electron chi connectivity index (χ3n) is 3.16. The highest BCUT2D eigenvalue weighted by molar-refractivity contribution is 6.33. The average molecular weight is 271 g/mol. The van der Waals surface area contributed by atoms with Gasteiger partial charge in [0.25, 0.3) is 5.69 Å². The van der Waals surface area contributed by atoms with E-state index in [2.05, 4.69) is 12.2 Å². The largest absolute Gasteiger partial charge is 0.381 e. The van der Waals surface area contributed by atoms with Gasteiger partial charge < -0.3 is 10.1 Å². The molecule has 1 N–H and O–H groups in total. The van der Waals surface area contributed by atoms with Gasteiger partial charge in [-0.3, -0.25) is 10.1 Å². The lowest BCUT2D eigenvalue weighted by Gasteiger charge is -2.30. The molecular formula is C12H15ClN2O3. The maximum absolute atomic E-state index is 11.0. The van der Waals surface area contributed by atoms with Gasteiger partial charge >= 0.3 is 0 Å². The zero-order valence-electron chi connectivity index (χ0n) is 10.1. The summed E-state index contributed by atoms with van der Waals surface area (Å²) in [4.78, 5) is 10.6. The van der Waals surface area contributed by atoms with E-state index in [1.807, 2.05) is 0 Å². The number of rotatable bonds is 3. The van der Waals surface area contributed by atoms with Crippen molar-refractivity contribution in [1.29, 1.82) is 0 Å². The van der Waals surface area contributed by atoms with Crippen LogP contribution in [0.25, 0.3) is 0 Å². The number of hydrogen-bond acceptors (Lipinski definition) is 4. The molecule has 2 rings (SSSR count). The molecule has 1 aromatic carbocycles. The molecule has 1 aromatic rings. The standard InChI is InChI=1S/C12H15ClN2O3/c1-8-7-18-6-5-10(8)14-12-9(13)3-2-4-11(12)15(16)17/h2-4,8,10,14H,5-7H2,1H3. The van der Waals surface area contributed by atoms with Crippen molar-refractivity contribution in [3.8, 4) is 0 Å². The summed E-state index contributed by atoms with van der Waals surface area (Å²) in [6.07, 6.45) is 0.823. The lowest BCUT2D eigenvalue weighted by atomic mass is 9.97. The van der Waals surface area contributed by atoms with Crippen molar-refractivity contribution in [2.24, 2.45) is 5.92 Å². The van der Waals surface area contributed by atoms with E-state index in [1.54, 1.807) is 12.1 Å². The normalized spacial score (nSPS) is 23.7. The molecule has 5 nitrogen and oxygen atoms in total. The van der Waals surface area contributed by atoms with Crippen molar-refractivity contribution >= 4 is 23.0 Å². The fraction of sp³-hybridized carbons (Fsp3) is 0.500. The molecule has 6 heteroatoms. The molecule has 1 aliphatic rings. The van der Waals surface area contributed by atoms with Crippen LogP contribution >= 0.6 is 11.6 Å². The summed E-state index contributed by atoms with van der Waals surface area (Å²) < 4.78 is 5.35. The second-order valence-corrected chi connectivity index (χ2v) is 4.89. The Morgan fingerprint density at radius 2 is 2.33 bits per heavy atom. The topological polar surface area (TPSA) is 64.4 Å². The number of hydrogen-bond donors (Lipinski definition) is 1. The van der Waals surface area contributed by atoms with Crippen molar-refractivity contribution in [3.63, 3.8) is 0 Å². The third-order valence-corrected chi connectivity index (χ3v) is 3.47. The quantitative estimate of drug-likeness (QED) is 0.677. The van der Waals surface area contributed by atoms with E-state index in [4.69, 9.17) is 16.3 Å². The molecule has 98 valence electrons. The Bertz CT molecular complexity index is 453. The van der Waals surface area contributed by atoms with Crippen LogP contribution in [0.5, 0.6) is 0 Å². The van der Waals surface area contributed by atoms with E-state index >= 15 is 0 Å². The summed E-state index contributed by atoms with van der Waals surface area (Å²) in [5, 5.41) is 14.6. The van der Waals surface area contributed by atoms with Gasteiger partial charge in [-0.25, -0.2) is 0 Å². The molecular weight excluding hydrogens is 256 g/mol. The molecule has 2 atom stereocenters. The summed E-state index contributed by atoms with van der Waals surface area (Å²) in [5.41, 5.74) is 0.420. The first-order chi connectivity index (χ1) is 8.59. The van der Waals surface area contributed by atoms with Crippen LogP contribution in [0.3, 0.4) is 0 Å². The van der Waals surface area contributed by atoms with E-state index in [9.17, 15) is 10.1 Å².